The van der Waals surface area contributed by atoms with Crippen LogP contribution in [0, 0.1) is 6.92 Å². The SMILES string of the molecule is COCCN(CCOC)C(=O)c1c(C)nc2c(OC)cccn12. The van der Waals surface area contributed by atoms with Gasteiger partial charge in [0.1, 0.15) is 5.69 Å². The van der Waals surface area contributed by atoms with E-state index in [9.17, 15) is 4.79 Å². The van der Waals surface area contributed by atoms with E-state index in [1.807, 2.05) is 25.3 Å². The smallest absolute Gasteiger partial charge is 0.272 e. The summed E-state index contributed by atoms with van der Waals surface area (Å²) in [5.41, 5.74) is 1.83. The number of hydrogen-bond acceptors (Lipinski definition) is 5. The maximum absolute atomic E-state index is 13.0. The van der Waals surface area contributed by atoms with Gasteiger partial charge in [-0.05, 0) is 19.1 Å². The monoisotopic (exact) mass is 321 g/mol. The van der Waals surface area contributed by atoms with E-state index in [2.05, 4.69) is 4.98 Å². The molecule has 0 aliphatic heterocycles. The Morgan fingerprint density at radius 1 is 1.22 bits per heavy atom. The third-order valence-electron chi connectivity index (χ3n) is 3.63. The van der Waals surface area contributed by atoms with Crippen LogP contribution in [0.3, 0.4) is 0 Å². The van der Waals surface area contributed by atoms with Crippen molar-refractivity contribution in [1.29, 1.82) is 0 Å². The molecule has 23 heavy (non-hydrogen) atoms. The van der Waals surface area contributed by atoms with Gasteiger partial charge in [0.05, 0.1) is 26.0 Å². The van der Waals surface area contributed by atoms with Gasteiger partial charge in [0, 0.05) is 33.5 Å². The first kappa shape index (κ1) is 17.2. The molecule has 0 atom stereocenters. The van der Waals surface area contributed by atoms with Crippen molar-refractivity contribution in [2.45, 2.75) is 6.92 Å². The molecule has 0 saturated carbocycles. The summed E-state index contributed by atoms with van der Waals surface area (Å²) in [5.74, 6) is 0.535. The normalized spacial score (nSPS) is 11.0. The lowest BCUT2D eigenvalue weighted by Crippen LogP contribution is -2.37. The van der Waals surface area contributed by atoms with Crippen LogP contribution in [0.2, 0.25) is 0 Å². The predicted molar refractivity (Wildman–Crippen MR) is 86.1 cm³/mol. The Bertz CT molecular complexity index is 661. The lowest BCUT2D eigenvalue weighted by molar-refractivity contribution is 0.0620. The first-order chi connectivity index (χ1) is 11.1. The highest BCUT2D eigenvalue weighted by Crippen LogP contribution is 2.22. The van der Waals surface area contributed by atoms with Gasteiger partial charge in [-0.2, -0.15) is 0 Å². The van der Waals surface area contributed by atoms with E-state index in [0.29, 0.717) is 49.1 Å². The van der Waals surface area contributed by atoms with Crippen molar-refractivity contribution < 1.29 is 19.0 Å². The number of carbonyl (C=O) groups excluding carboxylic acids is 1. The average Bonchev–Trinajstić information content (AvgIpc) is 2.90. The molecule has 2 heterocycles. The van der Waals surface area contributed by atoms with E-state index in [-0.39, 0.29) is 5.91 Å². The van der Waals surface area contributed by atoms with Crippen molar-refractivity contribution >= 4 is 11.6 Å². The van der Waals surface area contributed by atoms with Crippen LogP contribution in [0.1, 0.15) is 16.2 Å². The fraction of sp³-hybridized carbons (Fsp3) is 0.500. The topological polar surface area (TPSA) is 65.3 Å². The number of aryl methyl sites for hydroxylation is 1. The van der Waals surface area contributed by atoms with Crippen LogP contribution in [-0.4, -0.2) is 67.8 Å². The highest BCUT2D eigenvalue weighted by Gasteiger charge is 2.23. The van der Waals surface area contributed by atoms with Gasteiger partial charge in [0.15, 0.2) is 11.4 Å². The van der Waals surface area contributed by atoms with E-state index < -0.39 is 0 Å². The van der Waals surface area contributed by atoms with Crippen molar-refractivity contribution in [3.05, 3.63) is 29.7 Å². The zero-order valence-corrected chi connectivity index (χ0v) is 14.0. The van der Waals surface area contributed by atoms with Crippen molar-refractivity contribution in [3.8, 4) is 5.75 Å². The van der Waals surface area contributed by atoms with Gasteiger partial charge in [0.25, 0.3) is 5.91 Å². The minimum atomic E-state index is -0.0997. The second-order valence-corrected chi connectivity index (χ2v) is 5.09. The standard InChI is InChI=1S/C16H23N3O4/c1-12-14(16(20)18(8-10-21-2)9-11-22-3)19-7-5-6-13(23-4)15(19)17-12/h5-7H,8-11H2,1-4H3. The Labute approximate surface area is 135 Å². The van der Waals surface area contributed by atoms with Gasteiger partial charge in [-0.1, -0.05) is 0 Å². The predicted octanol–water partition coefficient (Wildman–Crippen LogP) is 1.39. The summed E-state index contributed by atoms with van der Waals surface area (Å²) in [5, 5.41) is 0. The number of carbonyl (C=O) groups is 1. The summed E-state index contributed by atoms with van der Waals surface area (Å²) in [7, 11) is 4.82. The average molecular weight is 321 g/mol. The molecule has 2 rings (SSSR count). The minimum Gasteiger partial charge on any atom is -0.493 e. The minimum absolute atomic E-state index is 0.0997. The van der Waals surface area contributed by atoms with Crippen molar-refractivity contribution in [2.75, 3.05) is 47.6 Å². The number of fused-ring (bicyclic) bond motifs is 1. The number of aromatic nitrogens is 2. The van der Waals surface area contributed by atoms with Crippen LogP contribution in [0.25, 0.3) is 5.65 Å². The molecule has 0 unspecified atom stereocenters. The maximum atomic E-state index is 13.0. The molecule has 2 aromatic heterocycles. The van der Waals surface area contributed by atoms with Crippen LogP contribution in [0.15, 0.2) is 18.3 Å². The number of hydrogen-bond donors (Lipinski definition) is 0. The molecule has 126 valence electrons. The van der Waals surface area contributed by atoms with Gasteiger partial charge in [-0.15, -0.1) is 0 Å². The highest BCUT2D eigenvalue weighted by atomic mass is 16.5. The summed E-state index contributed by atoms with van der Waals surface area (Å²) in [6.45, 7) is 3.75. The molecule has 1 amide bonds. The molecule has 7 nitrogen and oxygen atoms in total. The molecule has 2 aromatic rings. The second kappa shape index (κ2) is 7.94. The Morgan fingerprint density at radius 3 is 2.43 bits per heavy atom. The third kappa shape index (κ3) is 3.62. The van der Waals surface area contributed by atoms with Gasteiger partial charge in [0.2, 0.25) is 0 Å². The zero-order chi connectivity index (χ0) is 16.8. The molecule has 0 aromatic carbocycles. The number of pyridine rings is 1. The number of nitrogens with zero attached hydrogens (tertiary/aromatic N) is 3. The number of ether oxygens (including phenoxy) is 3. The van der Waals surface area contributed by atoms with Crippen molar-refractivity contribution in [3.63, 3.8) is 0 Å². The molecular formula is C16H23N3O4. The van der Waals surface area contributed by atoms with Crippen LogP contribution in [0.5, 0.6) is 5.75 Å². The van der Waals surface area contributed by atoms with Crippen LogP contribution in [0.4, 0.5) is 0 Å². The quantitative estimate of drug-likeness (QED) is 0.735. The number of imidazole rings is 1. The van der Waals surface area contributed by atoms with Crippen LogP contribution >= 0.6 is 0 Å². The third-order valence-corrected chi connectivity index (χ3v) is 3.63. The Kier molecular flexibility index (Phi) is 5.95. The van der Waals surface area contributed by atoms with Gasteiger partial charge in [-0.3, -0.25) is 9.20 Å². The summed E-state index contributed by atoms with van der Waals surface area (Å²) >= 11 is 0. The molecule has 0 bridgehead atoms. The molecule has 0 aliphatic carbocycles. The van der Waals surface area contributed by atoms with Gasteiger partial charge >= 0.3 is 0 Å². The molecule has 0 fully saturated rings. The Morgan fingerprint density at radius 2 is 1.87 bits per heavy atom. The first-order valence-electron chi connectivity index (χ1n) is 7.42. The van der Waals surface area contributed by atoms with Crippen molar-refractivity contribution in [2.24, 2.45) is 0 Å². The van der Waals surface area contributed by atoms with Crippen LogP contribution < -0.4 is 4.74 Å². The fourth-order valence-corrected chi connectivity index (χ4v) is 2.44. The Balaban J connectivity index is 2.39. The van der Waals surface area contributed by atoms with E-state index in [1.54, 1.807) is 30.6 Å². The zero-order valence-electron chi connectivity index (χ0n) is 14.0. The number of rotatable bonds is 8. The summed E-state index contributed by atoms with van der Waals surface area (Å²) in [6, 6.07) is 3.65. The van der Waals surface area contributed by atoms with Gasteiger partial charge in [-0.25, -0.2) is 4.98 Å². The van der Waals surface area contributed by atoms with E-state index in [0.717, 1.165) is 0 Å². The lowest BCUT2D eigenvalue weighted by atomic mass is 10.3. The van der Waals surface area contributed by atoms with E-state index in [4.69, 9.17) is 14.2 Å². The van der Waals surface area contributed by atoms with E-state index >= 15 is 0 Å². The van der Waals surface area contributed by atoms with E-state index in [1.165, 1.54) is 0 Å². The molecule has 0 spiro atoms. The highest BCUT2D eigenvalue weighted by molar-refractivity contribution is 5.95. The molecule has 0 radical (unpaired) electrons. The van der Waals surface area contributed by atoms with Crippen LogP contribution in [-0.2, 0) is 9.47 Å². The Hall–Kier alpha value is -2.12. The maximum Gasteiger partial charge on any atom is 0.272 e. The molecular weight excluding hydrogens is 298 g/mol. The number of methoxy groups -OCH3 is 3. The fourth-order valence-electron chi connectivity index (χ4n) is 2.44. The molecule has 0 aliphatic rings. The molecule has 0 N–H and O–H groups in total. The summed E-state index contributed by atoms with van der Waals surface area (Å²) in [6.07, 6.45) is 1.82. The first-order valence-corrected chi connectivity index (χ1v) is 7.42. The second-order valence-electron chi connectivity index (χ2n) is 5.09. The lowest BCUT2D eigenvalue weighted by Gasteiger charge is -2.22. The van der Waals surface area contributed by atoms with Gasteiger partial charge < -0.3 is 19.1 Å². The molecule has 7 heteroatoms. The largest absolute Gasteiger partial charge is 0.493 e. The van der Waals surface area contributed by atoms with Crippen molar-refractivity contribution in [1.82, 2.24) is 14.3 Å². The molecule has 0 saturated heterocycles. The summed E-state index contributed by atoms with van der Waals surface area (Å²) < 4.78 is 17.3. The number of amides is 1. The summed E-state index contributed by atoms with van der Waals surface area (Å²) in [4.78, 5) is 19.2.